The molecule has 16 heavy (non-hydrogen) atoms. The van der Waals surface area contributed by atoms with E-state index in [0.717, 1.165) is 15.6 Å². The highest BCUT2D eigenvalue weighted by atomic mass is 32.2. The third-order valence-electron chi connectivity index (χ3n) is 2.22. The Balaban J connectivity index is 2.21. The van der Waals surface area contributed by atoms with Gasteiger partial charge in [0.2, 0.25) is 0 Å². The predicted molar refractivity (Wildman–Crippen MR) is 68.1 cm³/mol. The van der Waals surface area contributed by atoms with E-state index in [1.54, 1.807) is 23.1 Å². The summed E-state index contributed by atoms with van der Waals surface area (Å²) >= 11 is 3.35. The molecule has 0 spiro atoms. The van der Waals surface area contributed by atoms with Crippen molar-refractivity contribution in [2.24, 2.45) is 0 Å². The van der Waals surface area contributed by atoms with Crippen LogP contribution in [-0.4, -0.2) is 10.1 Å². The smallest absolute Gasteiger partial charge is 0.154 e. The number of benzene rings is 1. The molecule has 1 aromatic carbocycles. The van der Waals surface area contributed by atoms with Crippen LogP contribution in [0.1, 0.15) is 16.8 Å². The van der Waals surface area contributed by atoms with Crippen molar-refractivity contribution in [1.82, 2.24) is 4.98 Å². The minimum atomic E-state index is 0.0994. The predicted octanol–water partition coefficient (Wildman–Crippen LogP) is 3.40. The third-order valence-corrected chi connectivity index (χ3v) is 4.45. The Kier molecular flexibility index (Phi) is 3.63. The number of hydrogen-bond acceptors (Lipinski definition) is 4. The van der Waals surface area contributed by atoms with Gasteiger partial charge in [0.25, 0.3) is 0 Å². The average Bonchev–Trinajstić information content (AvgIpc) is 2.67. The van der Waals surface area contributed by atoms with E-state index in [1.807, 2.05) is 25.1 Å². The molecule has 2 nitrogen and oxygen atoms in total. The van der Waals surface area contributed by atoms with Crippen LogP contribution in [0.25, 0.3) is 0 Å². The van der Waals surface area contributed by atoms with Gasteiger partial charge < -0.3 is 5.11 Å². The maximum absolute atomic E-state index is 9.03. The van der Waals surface area contributed by atoms with Crippen molar-refractivity contribution in [3.05, 3.63) is 40.4 Å². The highest BCUT2D eigenvalue weighted by molar-refractivity contribution is 8.01. The second-order valence-electron chi connectivity index (χ2n) is 3.61. The quantitative estimate of drug-likeness (QED) is 0.907. The maximum Gasteiger partial charge on any atom is 0.154 e. The first-order chi connectivity index (χ1) is 7.69. The van der Waals surface area contributed by atoms with Crippen LogP contribution in [0.3, 0.4) is 0 Å². The molecule has 0 saturated heterocycles. The van der Waals surface area contributed by atoms with Crippen molar-refractivity contribution in [1.29, 1.82) is 0 Å². The van der Waals surface area contributed by atoms with Crippen LogP contribution in [0.4, 0.5) is 0 Å². The molecular weight excluding hydrogens is 238 g/mol. The standard InChI is InChI=1S/C12H13NOS2/c1-8-5-10(6-14)3-4-11(8)16-12-13-9(2)7-15-12/h3-5,7,14H,6H2,1-2H3. The van der Waals surface area contributed by atoms with Gasteiger partial charge in [0.05, 0.1) is 6.61 Å². The van der Waals surface area contributed by atoms with E-state index >= 15 is 0 Å². The highest BCUT2D eigenvalue weighted by Crippen LogP contribution is 2.32. The Bertz CT molecular complexity index is 494. The molecule has 1 aromatic heterocycles. The fourth-order valence-corrected chi connectivity index (χ4v) is 3.26. The first kappa shape index (κ1) is 11.6. The number of hydrogen-bond donors (Lipinski definition) is 1. The van der Waals surface area contributed by atoms with Gasteiger partial charge in [-0.1, -0.05) is 23.9 Å². The fourth-order valence-electron chi connectivity index (χ4n) is 1.40. The van der Waals surface area contributed by atoms with E-state index in [-0.39, 0.29) is 6.61 Å². The molecular formula is C12H13NOS2. The largest absolute Gasteiger partial charge is 0.392 e. The van der Waals surface area contributed by atoms with E-state index in [2.05, 4.69) is 17.3 Å². The second-order valence-corrected chi connectivity index (χ2v) is 5.76. The van der Waals surface area contributed by atoms with Gasteiger partial charge in [-0.3, -0.25) is 0 Å². The van der Waals surface area contributed by atoms with Crippen LogP contribution in [0.5, 0.6) is 0 Å². The van der Waals surface area contributed by atoms with Gasteiger partial charge in [0.15, 0.2) is 4.34 Å². The van der Waals surface area contributed by atoms with Gasteiger partial charge in [0, 0.05) is 16.0 Å². The van der Waals surface area contributed by atoms with E-state index in [1.165, 1.54) is 10.5 Å². The van der Waals surface area contributed by atoms with Crippen molar-refractivity contribution in [2.45, 2.75) is 29.7 Å². The third kappa shape index (κ3) is 2.64. The fraction of sp³-hybridized carbons (Fsp3) is 0.250. The Labute approximate surface area is 103 Å². The molecule has 2 aromatic rings. The van der Waals surface area contributed by atoms with Gasteiger partial charge in [-0.15, -0.1) is 11.3 Å². The van der Waals surface area contributed by atoms with Crippen LogP contribution in [0.15, 0.2) is 32.8 Å². The lowest BCUT2D eigenvalue weighted by atomic mass is 10.1. The summed E-state index contributed by atoms with van der Waals surface area (Å²) in [5.41, 5.74) is 3.21. The number of rotatable bonds is 3. The molecule has 0 aliphatic heterocycles. The van der Waals surface area contributed by atoms with E-state index < -0.39 is 0 Å². The molecule has 0 bridgehead atoms. The summed E-state index contributed by atoms with van der Waals surface area (Å²) < 4.78 is 1.07. The number of aliphatic hydroxyl groups excluding tert-OH is 1. The van der Waals surface area contributed by atoms with Crippen molar-refractivity contribution < 1.29 is 5.11 Å². The summed E-state index contributed by atoms with van der Waals surface area (Å²) in [6.07, 6.45) is 0. The lowest BCUT2D eigenvalue weighted by Crippen LogP contribution is -1.86. The minimum Gasteiger partial charge on any atom is -0.392 e. The Hall–Kier alpha value is -0.840. The van der Waals surface area contributed by atoms with Crippen LogP contribution in [0, 0.1) is 13.8 Å². The van der Waals surface area contributed by atoms with Crippen molar-refractivity contribution in [3.63, 3.8) is 0 Å². The second kappa shape index (κ2) is 4.99. The molecule has 1 N–H and O–H groups in total. The lowest BCUT2D eigenvalue weighted by molar-refractivity contribution is 0.281. The van der Waals surface area contributed by atoms with E-state index in [0.29, 0.717) is 0 Å². The molecule has 0 aliphatic rings. The zero-order chi connectivity index (χ0) is 11.5. The minimum absolute atomic E-state index is 0.0994. The molecule has 0 atom stereocenters. The summed E-state index contributed by atoms with van der Waals surface area (Å²) in [7, 11) is 0. The zero-order valence-corrected chi connectivity index (χ0v) is 10.9. The van der Waals surface area contributed by atoms with Gasteiger partial charge in [-0.05, 0) is 31.0 Å². The number of aromatic nitrogens is 1. The topological polar surface area (TPSA) is 33.1 Å². The van der Waals surface area contributed by atoms with E-state index in [9.17, 15) is 0 Å². The van der Waals surface area contributed by atoms with Crippen LogP contribution >= 0.6 is 23.1 Å². The van der Waals surface area contributed by atoms with Gasteiger partial charge >= 0.3 is 0 Å². The van der Waals surface area contributed by atoms with Gasteiger partial charge in [0.1, 0.15) is 0 Å². The molecule has 0 amide bonds. The van der Waals surface area contributed by atoms with Crippen LogP contribution in [0.2, 0.25) is 0 Å². The Morgan fingerprint density at radius 1 is 1.38 bits per heavy atom. The zero-order valence-electron chi connectivity index (χ0n) is 9.23. The maximum atomic E-state index is 9.03. The van der Waals surface area contributed by atoms with Gasteiger partial charge in [-0.2, -0.15) is 0 Å². The molecule has 1 heterocycles. The van der Waals surface area contributed by atoms with Crippen molar-refractivity contribution in [3.8, 4) is 0 Å². The van der Waals surface area contributed by atoms with Crippen LogP contribution in [-0.2, 0) is 6.61 Å². The van der Waals surface area contributed by atoms with Gasteiger partial charge in [-0.25, -0.2) is 4.98 Å². The number of thiazole rings is 1. The average molecular weight is 251 g/mol. The monoisotopic (exact) mass is 251 g/mol. The molecule has 0 saturated carbocycles. The van der Waals surface area contributed by atoms with Crippen molar-refractivity contribution in [2.75, 3.05) is 0 Å². The lowest BCUT2D eigenvalue weighted by Gasteiger charge is -2.04. The first-order valence-electron chi connectivity index (χ1n) is 4.99. The summed E-state index contributed by atoms with van der Waals surface area (Å²) in [4.78, 5) is 5.62. The number of aryl methyl sites for hydroxylation is 2. The highest BCUT2D eigenvalue weighted by Gasteiger charge is 2.05. The van der Waals surface area contributed by atoms with E-state index in [4.69, 9.17) is 5.11 Å². The molecule has 2 rings (SSSR count). The first-order valence-corrected chi connectivity index (χ1v) is 6.69. The summed E-state index contributed by atoms with van der Waals surface area (Å²) in [5, 5.41) is 11.1. The Morgan fingerprint density at radius 2 is 2.19 bits per heavy atom. The normalized spacial score (nSPS) is 10.7. The molecule has 84 valence electrons. The van der Waals surface area contributed by atoms with Crippen molar-refractivity contribution >= 4 is 23.1 Å². The molecule has 0 aliphatic carbocycles. The SMILES string of the molecule is Cc1csc(Sc2ccc(CO)cc2C)n1. The van der Waals surface area contributed by atoms with Crippen LogP contribution < -0.4 is 0 Å². The molecule has 0 radical (unpaired) electrons. The Morgan fingerprint density at radius 3 is 2.75 bits per heavy atom. The molecule has 0 fully saturated rings. The number of nitrogens with zero attached hydrogens (tertiary/aromatic N) is 1. The summed E-state index contributed by atoms with van der Waals surface area (Å²) in [6.45, 7) is 4.16. The molecule has 0 unspecified atom stereocenters. The molecule has 4 heteroatoms. The summed E-state index contributed by atoms with van der Waals surface area (Å²) in [5.74, 6) is 0. The summed E-state index contributed by atoms with van der Waals surface area (Å²) in [6, 6.07) is 6.01. The number of aliphatic hydroxyl groups is 1.